The summed E-state index contributed by atoms with van der Waals surface area (Å²) in [6.07, 6.45) is 1.62. The number of nitrogens with two attached hydrogens (primary N) is 1. The molecule has 0 fully saturated rings. The smallest absolute Gasteiger partial charge is 0.254 e. The van der Waals surface area contributed by atoms with Gasteiger partial charge in [0.1, 0.15) is 5.76 Å². The number of furan rings is 1. The van der Waals surface area contributed by atoms with Gasteiger partial charge in [-0.3, -0.25) is 4.79 Å². The molecule has 0 atom stereocenters. The largest absolute Gasteiger partial charge is 0.467 e. The van der Waals surface area contributed by atoms with Crippen LogP contribution in [0.5, 0.6) is 0 Å². The summed E-state index contributed by atoms with van der Waals surface area (Å²) < 4.78 is 5.43. The molecule has 0 radical (unpaired) electrons. The highest BCUT2D eigenvalue weighted by atomic mass is 16.3. The molecule has 0 unspecified atom stereocenters. The number of benzene rings is 1. The van der Waals surface area contributed by atoms with E-state index in [1.165, 1.54) is 0 Å². The summed E-state index contributed by atoms with van der Waals surface area (Å²) >= 11 is 0. The van der Waals surface area contributed by atoms with E-state index >= 15 is 0 Å². The average molecular weight is 364 g/mol. The van der Waals surface area contributed by atoms with E-state index in [0.717, 1.165) is 17.0 Å². The van der Waals surface area contributed by atoms with Crippen LogP contribution in [0.1, 0.15) is 35.7 Å². The SMILES string of the molecule is Cc1cc(-c2cccc(C(=O)N(Cc3ccco3)CC(C)C)c2)nc(N)n1. The van der Waals surface area contributed by atoms with Gasteiger partial charge in [-0.25, -0.2) is 9.97 Å². The third-order valence-corrected chi connectivity index (χ3v) is 4.08. The molecular formula is C21H24N4O2. The van der Waals surface area contributed by atoms with Gasteiger partial charge in [-0.05, 0) is 43.2 Å². The molecular weight excluding hydrogens is 340 g/mol. The summed E-state index contributed by atoms with van der Waals surface area (Å²) in [7, 11) is 0. The van der Waals surface area contributed by atoms with Crippen molar-refractivity contribution in [3.63, 3.8) is 0 Å². The predicted octanol–water partition coefficient (Wildman–Crippen LogP) is 3.93. The Morgan fingerprint density at radius 3 is 2.67 bits per heavy atom. The number of nitrogen functional groups attached to an aromatic ring is 1. The normalized spacial score (nSPS) is 11.0. The average Bonchev–Trinajstić information content (AvgIpc) is 3.12. The van der Waals surface area contributed by atoms with E-state index in [9.17, 15) is 4.79 Å². The molecule has 1 amide bonds. The van der Waals surface area contributed by atoms with E-state index in [4.69, 9.17) is 10.2 Å². The van der Waals surface area contributed by atoms with Gasteiger partial charge in [-0.15, -0.1) is 0 Å². The van der Waals surface area contributed by atoms with E-state index in [-0.39, 0.29) is 11.9 Å². The van der Waals surface area contributed by atoms with Crippen molar-refractivity contribution in [3.05, 3.63) is 65.7 Å². The molecule has 0 aliphatic heterocycles. The van der Waals surface area contributed by atoms with Crippen LogP contribution in [0.3, 0.4) is 0 Å². The van der Waals surface area contributed by atoms with E-state index < -0.39 is 0 Å². The van der Waals surface area contributed by atoms with Crippen LogP contribution < -0.4 is 5.73 Å². The minimum Gasteiger partial charge on any atom is -0.467 e. The Kier molecular flexibility index (Phi) is 5.54. The highest BCUT2D eigenvalue weighted by Gasteiger charge is 2.19. The number of nitrogens with zero attached hydrogens (tertiary/aromatic N) is 3. The fourth-order valence-electron chi connectivity index (χ4n) is 2.98. The van der Waals surface area contributed by atoms with Crippen LogP contribution in [0.25, 0.3) is 11.3 Å². The van der Waals surface area contributed by atoms with Crippen molar-refractivity contribution in [1.82, 2.24) is 14.9 Å². The number of amides is 1. The van der Waals surface area contributed by atoms with E-state index in [0.29, 0.717) is 30.3 Å². The van der Waals surface area contributed by atoms with E-state index in [1.807, 2.05) is 54.3 Å². The number of rotatable bonds is 6. The zero-order valence-electron chi connectivity index (χ0n) is 15.8. The highest BCUT2D eigenvalue weighted by molar-refractivity contribution is 5.95. The Bertz CT molecular complexity index is 899. The minimum absolute atomic E-state index is 0.0410. The lowest BCUT2D eigenvalue weighted by molar-refractivity contribution is 0.0710. The van der Waals surface area contributed by atoms with Crippen LogP contribution in [0.15, 0.2) is 53.1 Å². The van der Waals surface area contributed by atoms with Crippen molar-refractivity contribution < 1.29 is 9.21 Å². The number of aryl methyl sites for hydroxylation is 1. The first-order chi connectivity index (χ1) is 12.9. The Hall–Kier alpha value is -3.15. The molecule has 6 heteroatoms. The molecule has 2 aromatic heterocycles. The Morgan fingerprint density at radius 2 is 2.00 bits per heavy atom. The number of carbonyl (C=O) groups excluding carboxylic acids is 1. The zero-order valence-corrected chi connectivity index (χ0v) is 15.8. The van der Waals surface area contributed by atoms with E-state index in [1.54, 1.807) is 6.26 Å². The molecule has 0 saturated heterocycles. The van der Waals surface area contributed by atoms with Crippen molar-refractivity contribution >= 4 is 11.9 Å². The molecule has 0 bridgehead atoms. The van der Waals surface area contributed by atoms with Crippen molar-refractivity contribution in [2.75, 3.05) is 12.3 Å². The number of aromatic nitrogens is 2. The van der Waals surface area contributed by atoms with Gasteiger partial charge in [0, 0.05) is 23.4 Å². The second-order valence-corrected chi connectivity index (χ2v) is 6.99. The number of hydrogen-bond donors (Lipinski definition) is 1. The van der Waals surface area contributed by atoms with Gasteiger partial charge in [0.05, 0.1) is 18.5 Å². The molecule has 2 heterocycles. The van der Waals surface area contributed by atoms with Crippen LogP contribution in [0, 0.1) is 12.8 Å². The third kappa shape index (κ3) is 4.73. The zero-order chi connectivity index (χ0) is 19.4. The highest BCUT2D eigenvalue weighted by Crippen LogP contribution is 2.21. The summed E-state index contributed by atoms with van der Waals surface area (Å²) in [6, 6.07) is 13.0. The minimum atomic E-state index is -0.0410. The first-order valence-corrected chi connectivity index (χ1v) is 8.95. The predicted molar refractivity (Wildman–Crippen MR) is 105 cm³/mol. The second-order valence-electron chi connectivity index (χ2n) is 6.99. The van der Waals surface area contributed by atoms with Crippen molar-refractivity contribution in [3.8, 4) is 11.3 Å². The lowest BCUT2D eigenvalue weighted by Gasteiger charge is -2.24. The van der Waals surface area contributed by atoms with Crippen LogP contribution in [-0.4, -0.2) is 27.3 Å². The molecule has 0 spiro atoms. The molecule has 6 nitrogen and oxygen atoms in total. The first kappa shape index (κ1) is 18.6. The maximum absolute atomic E-state index is 13.2. The molecule has 2 N–H and O–H groups in total. The topological polar surface area (TPSA) is 85.2 Å². The maximum Gasteiger partial charge on any atom is 0.254 e. The van der Waals surface area contributed by atoms with E-state index in [2.05, 4.69) is 23.8 Å². The summed E-state index contributed by atoms with van der Waals surface area (Å²) in [6.45, 7) is 7.12. The summed E-state index contributed by atoms with van der Waals surface area (Å²) in [5.41, 5.74) is 8.70. The molecule has 140 valence electrons. The van der Waals surface area contributed by atoms with Crippen LogP contribution >= 0.6 is 0 Å². The quantitative estimate of drug-likeness (QED) is 0.716. The van der Waals surface area contributed by atoms with Gasteiger partial charge in [0.25, 0.3) is 5.91 Å². The van der Waals surface area contributed by atoms with Crippen molar-refractivity contribution in [2.24, 2.45) is 5.92 Å². The third-order valence-electron chi connectivity index (χ3n) is 4.08. The van der Waals surface area contributed by atoms with Crippen LogP contribution in [0.2, 0.25) is 0 Å². The van der Waals surface area contributed by atoms with Gasteiger partial charge in [0.15, 0.2) is 0 Å². The molecule has 0 aliphatic rings. The van der Waals surface area contributed by atoms with Crippen molar-refractivity contribution in [2.45, 2.75) is 27.3 Å². The second kappa shape index (κ2) is 8.03. The summed E-state index contributed by atoms with van der Waals surface area (Å²) in [5.74, 6) is 1.29. The summed E-state index contributed by atoms with van der Waals surface area (Å²) in [4.78, 5) is 23.3. The van der Waals surface area contributed by atoms with Gasteiger partial charge < -0.3 is 15.1 Å². The Labute approximate surface area is 159 Å². The molecule has 0 aliphatic carbocycles. The number of carbonyl (C=O) groups is 1. The summed E-state index contributed by atoms with van der Waals surface area (Å²) in [5, 5.41) is 0. The first-order valence-electron chi connectivity index (χ1n) is 8.95. The van der Waals surface area contributed by atoms with Gasteiger partial charge >= 0.3 is 0 Å². The van der Waals surface area contributed by atoms with Crippen LogP contribution in [0.4, 0.5) is 5.95 Å². The fourth-order valence-corrected chi connectivity index (χ4v) is 2.98. The standard InChI is InChI=1S/C21H24N4O2/c1-14(2)12-25(13-18-8-5-9-27-18)20(26)17-7-4-6-16(11-17)19-10-15(3)23-21(22)24-19/h4-11,14H,12-13H2,1-3H3,(H2,22,23,24). The molecule has 3 aromatic rings. The maximum atomic E-state index is 13.2. The van der Waals surface area contributed by atoms with Crippen LogP contribution in [-0.2, 0) is 6.54 Å². The molecule has 1 aromatic carbocycles. The number of hydrogen-bond acceptors (Lipinski definition) is 5. The molecule has 0 saturated carbocycles. The Morgan fingerprint density at radius 1 is 1.19 bits per heavy atom. The number of anilines is 1. The lowest BCUT2D eigenvalue weighted by atomic mass is 10.1. The monoisotopic (exact) mass is 364 g/mol. The lowest BCUT2D eigenvalue weighted by Crippen LogP contribution is -2.33. The Balaban J connectivity index is 1.90. The fraction of sp³-hybridized carbons (Fsp3) is 0.286. The van der Waals surface area contributed by atoms with Gasteiger partial charge in [0.2, 0.25) is 5.95 Å². The molecule has 3 rings (SSSR count). The molecule has 27 heavy (non-hydrogen) atoms. The van der Waals surface area contributed by atoms with Gasteiger partial charge in [-0.1, -0.05) is 26.0 Å². The van der Waals surface area contributed by atoms with Crippen molar-refractivity contribution in [1.29, 1.82) is 0 Å². The van der Waals surface area contributed by atoms with Gasteiger partial charge in [-0.2, -0.15) is 0 Å².